The summed E-state index contributed by atoms with van der Waals surface area (Å²) >= 11 is 0. The molecule has 3 fully saturated rings. The Morgan fingerprint density at radius 3 is 2.71 bits per heavy atom. The highest BCUT2D eigenvalue weighted by Crippen LogP contribution is 2.38. The second-order valence-electron chi connectivity index (χ2n) is 6.70. The first-order valence-corrected chi connectivity index (χ1v) is 8.37. The molecule has 1 spiro atoms. The Bertz CT molecular complexity index is 412. The number of piperazine rings is 1. The van der Waals surface area contributed by atoms with E-state index in [1.807, 2.05) is 4.90 Å². The van der Waals surface area contributed by atoms with Gasteiger partial charge in [-0.05, 0) is 45.4 Å². The summed E-state index contributed by atoms with van der Waals surface area (Å²) in [6, 6.07) is -0.383. The highest BCUT2D eigenvalue weighted by Gasteiger charge is 2.52. The van der Waals surface area contributed by atoms with E-state index in [9.17, 15) is 9.59 Å². The van der Waals surface area contributed by atoms with E-state index in [0.717, 1.165) is 58.0 Å². The predicted molar refractivity (Wildman–Crippen MR) is 78.7 cm³/mol. The minimum atomic E-state index is -0.555. The minimum absolute atomic E-state index is 0.0595. The summed E-state index contributed by atoms with van der Waals surface area (Å²) in [6.45, 7) is 3.35. The van der Waals surface area contributed by atoms with E-state index >= 15 is 0 Å². The minimum Gasteiger partial charge on any atom is -0.378 e. The zero-order valence-electron chi connectivity index (χ0n) is 12.9. The molecule has 5 heteroatoms. The van der Waals surface area contributed by atoms with Gasteiger partial charge in [-0.1, -0.05) is 12.8 Å². The van der Waals surface area contributed by atoms with Gasteiger partial charge in [0, 0.05) is 13.2 Å². The van der Waals surface area contributed by atoms with Crippen LogP contribution in [0.2, 0.25) is 0 Å². The normalized spacial score (nSPS) is 32.0. The monoisotopic (exact) mass is 294 g/mol. The van der Waals surface area contributed by atoms with Crippen LogP contribution >= 0.6 is 0 Å². The first kappa shape index (κ1) is 14.8. The van der Waals surface area contributed by atoms with Crippen molar-refractivity contribution in [3.05, 3.63) is 0 Å². The molecule has 3 rings (SSSR count). The van der Waals surface area contributed by atoms with Crippen LogP contribution in [0.15, 0.2) is 0 Å². The molecule has 0 aromatic heterocycles. The summed E-state index contributed by atoms with van der Waals surface area (Å²) in [6.07, 6.45) is 8.28. The average molecular weight is 294 g/mol. The predicted octanol–water partition coefficient (Wildman–Crippen LogP) is 1.61. The number of carbonyl (C=O) groups is 2. The summed E-state index contributed by atoms with van der Waals surface area (Å²) in [5, 5.41) is 2.87. The molecule has 2 amide bonds. The Balaban J connectivity index is 1.66. The van der Waals surface area contributed by atoms with Gasteiger partial charge in [0.2, 0.25) is 11.8 Å². The number of hydrogen-bond acceptors (Lipinski definition) is 3. The summed E-state index contributed by atoms with van der Waals surface area (Å²) in [7, 11) is 0. The average Bonchev–Trinajstić information content (AvgIpc) is 3.13. The van der Waals surface area contributed by atoms with Gasteiger partial charge in [0.15, 0.2) is 0 Å². The Labute approximate surface area is 126 Å². The van der Waals surface area contributed by atoms with Crippen molar-refractivity contribution < 1.29 is 14.3 Å². The van der Waals surface area contributed by atoms with E-state index < -0.39 is 5.54 Å². The second kappa shape index (κ2) is 5.95. The van der Waals surface area contributed by atoms with Crippen molar-refractivity contribution in [1.82, 2.24) is 10.2 Å². The lowest BCUT2D eigenvalue weighted by Crippen LogP contribution is -2.69. The molecule has 0 aromatic carbocycles. The number of carbonyl (C=O) groups excluding carboxylic acids is 2. The fourth-order valence-electron chi connectivity index (χ4n) is 4.09. The van der Waals surface area contributed by atoms with Gasteiger partial charge >= 0.3 is 0 Å². The maximum Gasteiger partial charge on any atom is 0.246 e. The van der Waals surface area contributed by atoms with E-state index in [4.69, 9.17) is 4.74 Å². The molecule has 2 heterocycles. The fourth-order valence-corrected chi connectivity index (χ4v) is 4.09. The summed E-state index contributed by atoms with van der Waals surface area (Å²) in [5.41, 5.74) is -0.555. The number of hydrogen-bond donors (Lipinski definition) is 1. The molecule has 21 heavy (non-hydrogen) atoms. The van der Waals surface area contributed by atoms with Crippen LogP contribution in [0.4, 0.5) is 0 Å². The van der Waals surface area contributed by atoms with Crippen molar-refractivity contribution in [2.24, 2.45) is 0 Å². The molecule has 1 saturated carbocycles. The van der Waals surface area contributed by atoms with Crippen LogP contribution in [0, 0.1) is 0 Å². The number of nitrogens with one attached hydrogen (secondary N) is 1. The third kappa shape index (κ3) is 2.68. The quantitative estimate of drug-likeness (QED) is 0.857. The summed E-state index contributed by atoms with van der Waals surface area (Å²) < 4.78 is 5.65. The van der Waals surface area contributed by atoms with E-state index in [1.54, 1.807) is 6.92 Å². The molecule has 2 atom stereocenters. The van der Waals surface area contributed by atoms with Crippen LogP contribution in [0.3, 0.4) is 0 Å². The lowest BCUT2D eigenvalue weighted by atomic mass is 9.89. The van der Waals surface area contributed by atoms with Gasteiger partial charge < -0.3 is 15.0 Å². The Kier molecular flexibility index (Phi) is 4.20. The van der Waals surface area contributed by atoms with E-state index in [2.05, 4.69) is 5.32 Å². The van der Waals surface area contributed by atoms with Crippen LogP contribution in [0.5, 0.6) is 0 Å². The molecular formula is C16H26N2O3. The molecule has 2 saturated heterocycles. The van der Waals surface area contributed by atoms with Crippen molar-refractivity contribution in [1.29, 1.82) is 0 Å². The molecule has 5 nitrogen and oxygen atoms in total. The number of nitrogens with zero attached hydrogens (tertiary/aromatic N) is 1. The molecule has 2 unspecified atom stereocenters. The second-order valence-corrected chi connectivity index (χ2v) is 6.70. The number of rotatable bonds is 4. The van der Waals surface area contributed by atoms with E-state index in [1.165, 1.54) is 0 Å². The largest absolute Gasteiger partial charge is 0.378 e. The maximum absolute atomic E-state index is 12.5. The SMILES string of the molecule is CC1NC(=O)C2(CCCC2)N(CCCC2CCCO2)C1=O. The standard InChI is InChI=1S/C16H26N2O3/c1-12-14(19)18(10-4-6-13-7-5-11-21-13)16(15(20)17-12)8-2-3-9-16/h12-13H,2-11H2,1H3,(H,17,20). The zero-order chi connectivity index (χ0) is 14.9. The van der Waals surface area contributed by atoms with Gasteiger partial charge in [-0.3, -0.25) is 9.59 Å². The fraction of sp³-hybridized carbons (Fsp3) is 0.875. The van der Waals surface area contributed by atoms with Crippen molar-refractivity contribution in [3.8, 4) is 0 Å². The van der Waals surface area contributed by atoms with E-state index in [0.29, 0.717) is 12.6 Å². The first-order valence-electron chi connectivity index (χ1n) is 8.37. The molecule has 3 aliphatic rings. The number of ether oxygens (including phenoxy) is 1. The van der Waals surface area contributed by atoms with Gasteiger partial charge in [0.1, 0.15) is 11.6 Å². The molecule has 118 valence electrons. The van der Waals surface area contributed by atoms with Gasteiger partial charge in [-0.25, -0.2) is 0 Å². The zero-order valence-corrected chi connectivity index (χ0v) is 12.9. The maximum atomic E-state index is 12.5. The highest BCUT2D eigenvalue weighted by atomic mass is 16.5. The van der Waals surface area contributed by atoms with Crippen LogP contribution in [-0.4, -0.2) is 47.6 Å². The summed E-state index contributed by atoms with van der Waals surface area (Å²) in [4.78, 5) is 26.9. The summed E-state index contributed by atoms with van der Waals surface area (Å²) in [5.74, 6) is 0.146. The van der Waals surface area contributed by atoms with E-state index in [-0.39, 0.29) is 17.9 Å². The molecule has 0 radical (unpaired) electrons. The molecule has 1 N–H and O–H groups in total. The Morgan fingerprint density at radius 2 is 2.05 bits per heavy atom. The lowest BCUT2D eigenvalue weighted by Gasteiger charge is -2.45. The van der Waals surface area contributed by atoms with Crippen LogP contribution < -0.4 is 5.32 Å². The Hall–Kier alpha value is -1.10. The van der Waals surface area contributed by atoms with Gasteiger partial charge in [-0.2, -0.15) is 0 Å². The van der Waals surface area contributed by atoms with Crippen LogP contribution in [0.25, 0.3) is 0 Å². The molecule has 0 aromatic rings. The lowest BCUT2D eigenvalue weighted by molar-refractivity contribution is -0.157. The van der Waals surface area contributed by atoms with Crippen molar-refractivity contribution in [2.75, 3.05) is 13.2 Å². The first-order chi connectivity index (χ1) is 10.1. The smallest absolute Gasteiger partial charge is 0.246 e. The highest BCUT2D eigenvalue weighted by molar-refractivity contribution is 5.99. The third-order valence-electron chi connectivity index (χ3n) is 5.29. The topological polar surface area (TPSA) is 58.6 Å². The molecular weight excluding hydrogens is 268 g/mol. The van der Waals surface area contributed by atoms with Crippen molar-refractivity contribution in [2.45, 2.75) is 76.0 Å². The molecule has 2 aliphatic heterocycles. The van der Waals surface area contributed by atoms with Crippen molar-refractivity contribution >= 4 is 11.8 Å². The van der Waals surface area contributed by atoms with Gasteiger partial charge in [0.25, 0.3) is 0 Å². The van der Waals surface area contributed by atoms with Crippen LogP contribution in [-0.2, 0) is 14.3 Å². The molecule has 1 aliphatic carbocycles. The van der Waals surface area contributed by atoms with Crippen LogP contribution in [0.1, 0.15) is 58.3 Å². The van der Waals surface area contributed by atoms with Crippen molar-refractivity contribution in [3.63, 3.8) is 0 Å². The third-order valence-corrected chi connectivity index (χ3v) is 5.29. The Morgan fingerprint density at radius 1 is 1.29 bits per heavy atom. The number of amides is 2. The molecule has 0 bridgehead atoms. The van der Waals surface area contributed by atoms with Gasteiger partial charge in [0.05, 0.1) is 6.10 Å². The van der Waals surface area contributed by atoms with Gasteiger partial charge in [-0.15, -0.1) is 0 Å².